The summed E-state index contributed by atoms with van der Waals surface area (Å²) in [5.41, 5.74) is 2.82. The first-order valence-corrected chi connectivity index (χ1v) is 12.1. The van der Waals surface area contributed by atoms with Gasteiger partial charge in [0, 0.05) is 44.2 Å². The molecule has 1 saturated heterocycles. The number of hydrogen-bond acceptors (Lipinski definition) is 5. The summed E-state index contributed by atoms with van der Waals surface area (Å²) in [6, 6.07) is 16.9. The number of fused-ring (bicyclic) bond motifs is 1. The number of rotatable bonds is 5. The van der Waals surface area contributed by atoms with Crippen LogP contribution in [0.25, 0.3) is 5.69 Å². The number of nitrogens with one attached hydrogen (secondary N) is 1. The topological polar surface area (TPSA) is 87.5 Å². The van der Waals surface area contributed by atoms with Gasteiger partial charge in [-0.15, -0.1) is 0 Å². The summed E-state index contributed by atoms with van der Waals surface area (Å²) >= 11 is 6.43. The van der Waals surface area contributed by atoms with E-state index in [-0.39, 0.29) is 28.3 Å². The number of nitrogens with zero attached hydrogens (tertiary/aromatic N) is 4. The van der Waals surface area contributed by atoms with Crippen molar-refractivity contribution in [3.63, 3.8) is 0 Å². The summed E-state index contributed by atoms with van der Waals surface area (Å²) < 4.78 is 1.28. The molecule has 0 bridgehead atoms. The highest BCUT2D eigenvalue weighted by molar-refractivity contribution is 6.33. The van der Waals surface area contributed by atoms with Crippen LogP contribution in [0.1, 0.15) is 18.4 Å². The van der Waals surface area contributed by atoms with Crippen LogP contribution >= 0.6 is 11.6 Å². The third-order valence-corrected chi connectivity index (χ3v) is 7.05. The molecule has 1 N–H and O–H groups in total. The zero-order chi connectivity index (χ0) is 24.4. The molecule has 2 aromatic carbocycles. The Morgan fingerprint density at radius 3 is 2.49 bits per heavy atom. The van der Waals surface area contributed by atoms with E-state index in [0.29, 0.717) is 56.8 Å². The number of halogens is 1. The molecule has 0 spiro atoms. The molecule has 0 saturated carbocycles. The van der Waals surface area contributed by atoms with Gasteiger partial charge in [0.05, 0.1) is 17.6 Å². The third-order valence-electron chi connectivity index (χ3n) is 6.69. The lowest BCUT2D eigenvalue weighted by Gasteiger charge is -2.36. The lowest BCUT2D eigenvalue weighted by atomic mass is 9.89. The number of aromatic nitrogens is 2. The fourth-order valence-electron chi connectivity index (χ4n) is 4.70. The van der Waals surface area contributed by atoms with E-state index >= 15 is 0 Å². The molecule has 180 valence electrons. The van der Waals surface area contributed by atoms with Crippen molar-refractivity contribution >= 4 is 34.8 Å². The molecule has 8 nitrogen and oxygen atoms in total. The summed E-state index contributed by atoms with van der Waals surface area (Å²) in [6.45, 7) is 2.16. The molecule has 0 radical (unpaired) electrons. The molecular formula is C26H26ClN5O3. The van der Waals surface area contributed by atoms with E-state index in [2.05, 4.69) is 10.4 Å². The monoisotopic (exact) mass is 491 g/mol. The Bertz CT molecular complexity index is 1300. The van der Waals surface area contributed by atoms with Crippen molar-refractivity contribution in [2.45, 2.75) is 19.3 Å². The number of anilines is 2. The van der Waals surface area contributed by atoms with Crippen LogP contribution in [0.2, 0.25) is 5.02 Å². The molecule has 1 unspecified atom stereocenters. The Hall–Kier alpha value is -3.65. The van der Waals surface area contributed by atoms with Crippen molar-refractivity contribution in [1.29, 1.82) is 0 Å². The van der Waals surface area contributed by atoms with E-state index in [1.807, 2.05) is 52.3 Å². The quantitative estimate of drug-likeness (QED) is 0.592. The van der Waals surface area contributed by atoms with Crippen LogP contribution in [0.5, 0.6) is 0 Å². The van der Waals surface area contributed by atoms with Crippen LogP contribution in [0.15, 0.2) is 65.6 Å². The van der Waals surface area contributed by atoms with E-state index in [4.69, 9.17) is 11.6 Å². The maximum Gasteiger partial charge on any atom is 0.292 e. The number of benzene rings is 2. The van der Waals surface area contributed by atoms with Crippen LogP contribution in [0, 0.1) is 5.92 Å². The summed E-state index contributed by atoms with van der Waals surface area (Å²) in [7, 11) is 0. The van der Waals surface area contributed by atoms with Crippen molar-refractivity contribution in [2.75, 3.05) is 36.4 Å². The minimum atomic E-state index is -0.374. The van der Waals surface area contributed by atoms with Crippen molar-refractivity contribution in [2.24, 2.45) is 5.92 Å². The Balaban J connectivity index is 1.17. The second kappa shape index (κ2) is 9.92. The van der Waals surface area contributed by atoms with Gasteiger partial charge in [-0.05, 0) is 36.6 Å². The highest BCUT2D eigenvalue weighted by atomic mass is 35.5. The molecule has 35 heavy (non-hydrogen) atoms. The zero-order valence-corrected chi connectivity index (χ0v) is 19.9. The summed E-state index contributed by atoms with van der Waals surface area (Å²) in [5, 5.41) is 7.37. The number of carbonyl (C=O) groups excluding carboxylic acids is 2. The van der Waals surface area contributed by atoms with Crippen LogP contribution in [-0.2, 0) is 16.0 Å². The second-order valence-electron chi connectivity index (χ2n) is 8.85. The molecule has 2 amide bonds. The molecular weight excluding hydrogens is 466 g/mol. The van der Waals surface area contributed by atoms with Crippen LogP contribution in [0.4, 0.5) is 11.4 Å². The van der Waals surface area contributed by atoms with Gasteiger partial charge in [0.1, 0.15) is 5.02 Å². The molecule has 1 fully saturated rings. The summed E-state index contributed by atoms with van der Waals surface area (Å²) in [6.07, 6.45) is 3.11. The molecule has 2 aliphatic rings. The molecule has 3 heterocycles. The van der Waals surface area contributed by atoms with Crippen LogP contribution in [0.3, 0.4) is 0 Å². The molecule has 3 aromatic rings. The summed E-state index contributed by atoms with van der Waals surface area (Å²) in [4.78, 5) is 41.9. The maximum absolute atomic E-state index is 12.8. The number of carbonyl (C=O) groups is 2. The Labute approximate surface area is 208 Å². The molecule has 1 aromatic heterocycles. The third kappa shape index (κ3) is 4.79. The van der Waals surface area contributed by atoms with E-state index in [0.717, 1.165) is 11.3 Å². The van der Waals surface area contributed by atoms with E-state index in [9.17, 15) is 14.4 Å². The first-order valence-electron chi connectivity index (χ1n) is 11.8. The van der Waals surface area contributed by atoms with Gasteiger partial charge in [-0.2, -0.15) is 9.78 Å². The first kappa shape index (κ1) is 23.1. The Morgan fingerprint density at radius 2 is 1.71 bits per heavy atom. The minimum Gasteiger partial charge on any atom is -0.365 e. The molecule has 2 aliphatic heterocycles. The zero-order valence-electron chi connectivity index (χ0n) is 19.2. The fraction of sp³-hybridized carbons (Fsp3) is 0.308. The van der Waals surface area contributed by atoms with Gasteiger partial charge in [0.25, 0.3) is 5.56 Å². The number of para-hydroxylation sites is 2. The number of hydrogen-bond donors (Lipinski definition) is 1. The van der Waals surface area contributed by atoms with Gasteiger partial charge in [-0.3, -0.25) is 14.4 Å². The smallest absolute Gasteiger partial charge is 0.292 e. The molecule has 1 atom stereocenters. The first-order chi connectivity index (χ1) is 17.0. The summed E-state index contributed by atoms with van der Waals surface area (Å²) in [5.74, 6) is -0.176. The van der Waals surface area contributed by atoms with Crippen LogP contribution < -0.4 is 15.8 Å². The predicted octanol–water partition coefficient (Wildman–Crippen LogP) is 3.13. The molecule has 0 aliphatic carbocycles. The highest BCUT2D eigenvalue weighted by Crippen LogP contribution is 2.28. The van der Waals surface area contributed by atoms with Gasteiger partial charge in [0.2, 0.25) is 11.8 Å². The number of piperazine rings is 1. The van der Waals surface area contributed by atoms with Gasteiger partial charge >= 0.3 is 0 Å². The van der Waals surface area contributed by atoms with Crippen molar-refractivity contribution in [1.82, 2.24) is 14.7 Å². The fourth-order valence-corrected chi connectivity index (χ4v) is 4.94. The van der Waals surface area contributed by atoms with E-state index in [1.54, 1.807) is 18.3 Å². The Kier molecular flexibility index (Phi) is 6.55. The normalized spacial score (nSPS) is 17.6. The Morgan fingerprint density at radius 1 is 1.00 bits per heavy atom. The second-order valence-corrected chi connectivity index (χ2v) is 9.23. The van der Waals surface area contributed by atoms with Crippen LogP contribution in [-0.4, -0.2) is 52.7 Å². The van der Waals surface area contributed by atoms with Crippen molar-refractivity contribution in [3.05, 3.63) is 81.7 Å². The van der Waals surface area contributed by atoms with Gasteiger partial charge in [-0.1, -0.05) is 48.0 Å². The van der Waals surface area contributed by atoms with Crippen molar-refractivity contribution < 1.29 is 9.59 Å². The standard InChI is InChI=1S/C26H26ClN5O3/c27-24-22(17-28-32(26(24)35)20-7-2-1-3-8-20)30-12-14-31(15-13-30)23(33)11-10-19-16-18-6-4-5-9-21(18)29-25(19)34/h1-9,17,19H,10-16H2,(H,29,34). The van der Waals surface area contributed by atoms with Gasteiger partial charge in [-0.25, -0.2) is 0 Å². The van der Waals surface area contributed by atoms with Crippen molar-refractivity contribution in [3.8, 4) is 5.69 Å². The average Bonchev–Trinajstić information content (AvgIpc) is 2.89. The lowest BCUT2D eigenvalue weighted by molar-refractivity contribution is -0.132. The highest BCUT2D eigenvalue weighted by Gasteiger charge is 2.28. The van der Waals surface area contributed by atoms with Gasteiger partial charge < -0.3 is 15.1 Å². The lowest BCUT2D eigenvalue weighted by Crippen LogP contribution is -2.49. The largest absolute Gasteiger partial charge is 0.365 e. The SMILES string of the molecule is O=C1Nc2ccccc2CC1CCC(=O)N1CCN(c2cnn(-c3ccccc3)c(=O)c2Cl)CC1. The average molecular weight is 492 g/mol. The maximum atomic E-state index is 12.8. The molecule has 5 rings (SSSR count). The number of amides is 2. The van der Waals surface area contributed by atoms with E-state index in [1.165, 1.54) is 4.68 Å². The predicted molar refractivity (Wildman–Crippen MR) is 135 cm³/mol. The molecule has 9 heteroatoms. The van der Waals surface area contributed by atoms with Gasteiger partial charge in [0.15, 0.2) is 0 Å². The minimum absolute atomic E-state index is 0.0197. The van der Waals surface area contributed by atoms with E-state index < -0.39 is 0 Å².